The molecule has 0 amide bonds. The molecular formula is C16H17NO3. The van der Waals surface area contributed by atoms with Crippen molar-refractivity contribution in [2.24, 2.45) is 5.73 Å². The van der Waals surface area contributed by atoms with Crippen LogP contribution >= 0.6 is 0 Å². The molecule has 0 saturated carbocycles. The van der Waals surface area contributed by atoms with Gasteiger partial charge in [-0.1, -0.05) is 30.3 Å². The van der Waals surface area contributed by atoms with E-state index in [2.05, 4.69) is 0 Å². The third-order valence-electron chi connectivity index (χ3n) is 2.87. The maximum atomic E-state index is 12.2. The van der Waals surface area contributed by atoms with Gasteiger partial charge in [-0.3, -0.25) is 4.79 Å². The highest BCUT2D eigenvalue weighted by Crippen LogP contribution is 2.15. The average Bonchev–Trinajstić information content (AvgIpc) is 2.53. The second-order valence-corrected chi connectivity index (χ2v) is 4.42. The van der Waals surface area contributed by atoms with Crippen molar-refractivity contribution in [1.82, 2.24) is 0 Å². The summed E-state index contributed by atoms with van der Waals surface area (Å²) in [6.45, 7) is 0.299. The van der Waals surface area contributed by atoms with Crippen LogP contribution < -0.4 is 10.5 Å². The fourth-order valence-corrected chi connectivity index (χ4v) is 1.72. The quantitative estimate of drug-likeness (QED) is 0.783. The molecule has 0 radical (unpaired) electrons. The summed E-state index contributed by atoms with van der Waals surface area (Å²) in [4.78, 5) is 12.2. The van der Waals surface area contributed by atoms with Gasteiger partial charge in [-0.15, -0.1) is 0 Å². The fourth-order valence-electron chi connectivity index (χ4n) is 1.72. The summed E-state index contributed by atoms with van der Waals surface area (Å²) in [5.41, 5.74) is 6.54. The Morgan fingerprint density at radius 2 is 1.65 bits per heavy atom. The molecule has 1 atom stereocenters. The van der Waals surface area contributed by atoms with Crippen LogP contribution in [0.3, 0.4) is 0 Å². The predicted molar refractivity (Wildman–Crippen MR) is 76.9 cm³/mol. The lowest BCUT2D eigenvalue weighted by Gasteiger charge is -2.10. The van der Waals surface area contributed by atoms with Crippen LogP contribution in [-0.4, -0.2) is 30.1 Å². The minimum absolute atomic E-state index is 0.0286. The zero-order valence-corrected chi connectivity index (χ0v) is 11.0. The topological polar surface area (TPSA) is 72.6 Å². The Hall–Kier alpha value is -2.17. The van der Waals surface area contributed by atoms with Gasteiger partial charge in [0.2, 0.25) is 0 Å². The molecule has 104 valence electrons. The Balaban J connectivity index is 2.03. The molecular weight excluding hydrogens is 254 g/mol. The van der Waals surface area contributed by atoms with Crippen LogP contribution in [0.25, 0.3) is 0 Å². The van der Waals surface area contributed by atoms with E-state index in [9.17, 15) is 9.90 Å². The number of hydrogen-bond acceptors (Lipinski definition) is 4. The Labute approximate surface area is 117 Å². The van der Waals surface area contributed by atoms with Crippen LogP contribution in [0.5, 0.6) is 5.75 Å². The van der Waals surface area contributed by atoms with Gasteiger partial charge in [-0.05, 0) is 24.3 Å². The summed E-state index contributed by atoms with van der Waals surface area (Å²) in [6, 6.07) is 15.9. The molecule has 1 unspecified atom stereocenters. The summed E-state index contributed by atoms with van der Waals surface area (Å²) < 4.78 is 5.36. The van der Waals surface area contributed by atoms with Gasteiger partial charge >= 0.3 is 0 Å². The number of nitrogens with two attached hydrogens (primary N) is 1. The summed E-state index contributed by atoms with van der Waals surface area (Å²) in [7, 11) is 0. The van der Waals surface area contributed by atoms with E-state index in [1.807, 2.05) is 18.2 Å². The normalized spacial score (nSPS) is 11.9. The van der Waals surface area contributed by atoms with Crippen LogP contribution in [-0.2, 0) is 0 Å². The summed E-state index contributed by atoms with van der Waals surface area (Å²) in [5, 5.41) is 9.31. The molecule has 0 aromatic heterocycles. The minimum Gasteiger partial charge on any atom is -0.491 e. The summed E-state index contributed by atoms with van der Waals surface area (Å²) in [5.74, 6) is 0.571. The third kappa shape index (κ3) is 3.66. The van der Waals surface area contributed by atoms with Crippen molar-refractivity contribution < 1.29 is 14.6 Å². The van der Waals surface area contributed by atoms with E-state index in [1.54, 1.807) is 36.4 Å². The van der Waals surface area contributed by atoms with E-state index in [1.165, 1.54) is 0 Å². The molecule has 0 aliphatic carbocycles. The highest BCUT2D eigenvalue weighted by atomic mass is 16.5. The number of ketones is 1. The van der Waals surface area contributed by atoms with Gasteiger partial charge in [0.15, 0.2) is 5.78 Å². The first-order valence-corrected chi connectivity index (χ1v) is 6.41. The zero-order chi connectivity index (χ0) is 14.4. The monoisotopic (exact) mass is 271 g/mol. The maximum absolute atomic E-state index is 12.2. The van der Waals surface area contributed by atoms with Gasteiger partial charge in [0.25, 0.3) is 0 Å². The van der Waals surface area contributed by atoms with Crippen molar-refractivity contribution in [2.75, 3.05) is 13.2 Å². The van der Waals surface area contributed by atoms with Crippen molar-refractivity contribution in [1.29, 1.82) is 0 Å². The van der Waals surface area contributed by atoms with Gasteiger partial charge < -0.3 is 15.6 Å². The van der Waals surface area contributed by atoms with E-state index in [0.717, 1.165) is 0 Å². The molecule has 0 saturated heterocycles. The molecule has 0 spiro atoms. The molecule has 4 heteroatoms. The first kappa shape index (κ1) is 14.2. The van der Waals surface area contributed by atoms with Gasteiger partial charge in [0.05, 0.1) is 0 Å². The van der Waals surface area contributed by atoms with E-state index in [4.69, 9.17) is 10.5 Å². The summed E-state index contributed by atoms with van der Waals surface area (Å²) >= 11 is 0. The minimum atomic E-state index is -0.680. The molecule has 2 aromatic carbocycles. The molecule has 0 fully saturated rings. The Morgan fingerprint density at radius 1 is 1.05 bits per heavy atom. The second-order valence-electron chi connectivity index (χ2n) is 4.42. The third-order valence-corrected chi connectivity index (χ3v) is 2.87. The van der Waals surface area contributed by atoms with Crippen LogP contribution in [0.1, 0.15) is 15.9 Å². The highest BCUT2D eigenvalue weighted by molar-refractivity contribution is 6.08. The van der Waals surface area contributed by atoms with Crippen molar-refractivity contribution >= 4 is 5.78 Å². The molecule has 0 aliphatic heterocycles. The number of hydrogen-bond donors (Lipinski definition) is 2. The lowest BCUT2D eigenvalue weighted by molar-refractivity contribution is 0.103. The number of ether oxygens (including phenoxy) is 1. The first-order chi connectivity index (χ1) is 9.70. The van der Waals surface area contributed by atoms with E-state index < -0.39 is 6.10 Å². The summed E-state index contributed by atoms with van der Waals surface area (Å²) in [6.07, 6.45) is -0.680. The SMILES string of the molecule is NCC(O)COc1ccc(C(=O)c2ccccc2)cc1. The molecule has 2 aromatic rings. The van der Waals surface area contributed by atoms with E-state index in [0.29, 0.717) is 16.9 Å². The number of aliphatic hydroxyl groups is 1. The average molecular weight is 271 g/mol. The number of rotatable bonds is 6. The Kier molecular flexibility index (Phi) is 4.87. The van der Waals surface area contributed by atoms with Crippen molar-refractivity contribution in [3.63, 3.8) is 0 Å². The van der Waals surface area contributed by atoms with Gasteiger partial charge in [-0.2, -0.15) is 0 Å². The molecule has 2 rings (SSSR count). The van der Waals surface area contributed by atoms with Crippen molar-refractivity contribution in [2.45, 2.75) is 6.10 Å². The van der Waals surface area contributed by atoms with Crippen LogP contribution in [0.2, 0.25) is 0 Å². The van der Waals surface area contributed by atoms with E-state index >= 15 is 0 Å². The molecule has 0 aliphatic rings. The van der Waals surface area contributed by atoms with Crippen molar-refractivity contribution in [3.05, 3.63) is 65.7 Å². The molecule has 0 heterocycles. The fraction of sp³-hybridized carbons (Fsp3) is 0.188. The first-order valence-electron chi connectivity index (χ1n) is 6.41. The second kappa shape index (κ2) is 6.84. The number of carbonyl (C=O) groups excluding carboxylic acids is 1. The number of aliphatic hydroxyl groups excluding tert-OH is 1. The standard InChI is InChI=1S/C16H17NO3/c17-10-14(18)11-20-15-8-6-13(7-9-15)16(19)12-4-2-1-3-5-12/h1-9,14,18H,10-11,17H2. The van der Waals surface area contributed by atoms with Crippen LogP contribution in [0, 0.1) is 0 Å². The van der Waals surface area contributed by atoms with Gasteiger partial charge in [0.1, 0.15) is 18.5 Å². The molecule has 4 nitrogen and oxygen atoms in total. The Morgan fingerprint density at radius 3 is 2.25 bits per heavy atom. The highest BCUT2D eigenvalue weighted by Gasteiger charge is 2.08. The smallest absolute Gasteiger partial charge is 0.193 e. The molecule has 20 heavy (non-hydrogen) atoms. The largest absolute Gasteiger partial charge is 0.491 e. The van der Waals surface area contributed by atoms with Gasteiger partial charge in [-0.25, -0.2) is 0 Å². The van der Waals surface area contributed by atoms with E-state index in [-0.39, 0.29) is 18.9 Å². The van der Waals surface area contributed by atoms with Gasteiger partial charge in [0, 0.05) is 17.7 Å². The lowest BCUT2D eigenvalue weighted by atomic mass is 10.0. The molecule has 0 bridgehead atoms. The number of benzene rings is 2. The maximum Gasteiger partial charge on any atom is 0.193 e. The lowest BCUT2D eigenvalue weighted by Crippen LogP contribution is -2.26. The van der Waals surface area contributed by atoms with Crippen LogP contribution in [0.15, 0.2) is 54.6 Å². The predicted octanol–water partition coefficient (Wildman–Crippen LogP) is 1.62. The van der Waals surface area contributed by atoms with Crippen LogP contribution in [0.4, 0.5) is 0 Å². The zero-order valence-electron chi connectivity index (χ0n) is 11.0. The Bertz CT molecular complexity index is 552. The van der Waals surface area contributed by atoms with Crippen molar-refractivity contribution in [3.8, 4) is 5.75 Å². The number of carbonyl (C=O) groups is 1. The molecule has 3 N–H and O–H groups in total.